The zero-order chi connectivity index (χ0) is 38.3. The average molecular weight is 740 g/mol. The van der Waals surface area contributed by atoms with Crippen LogP contribution in [0.4, 0.5) is 11.6 Å². The molecule has 9 aromatic rings. The smallest absolute Gasteiger partial charge is 0.231 e. The molecule has 1 aliphatic heterocycles. The van der Waals surface area contributed by atoms with E-state index in [4.69, 9.17) is 9.97 Å². The van der Waals surface area contributed by atoms with Crippen LogP contribution in [-0.4, -0.2) is 16.0 Å². The number of benzene rings is 8. The normalized spacial score (nSPS) is 18.1. The van der Waals surface area contributed by atoms with Crippen LogP contribution in [0.5, 0.6) is 0 Å². The van der Waals surface area contributed by atoms with E-state index in [0.29, 0.717) is 0 Å². The van der Waals surface area contributed by atoms with Crippen molar-refractivity contribution in [3.8, 4) is 22.4 Å². The van der Waals surface area contributed by atoms with Gasteiger partial charge in [-0.1, -0.05) is 159 Å². The Morgan fingerprint density at radius 3 is 2.16 bits per heavy atom. The quantitative estimate of drug-likeness (QED) is 0.169. The summed E-state index contributed by atoms with van der Waals surface area (Å²) in [5, 5.41) is 8.57. The van der Waals surface area contributed by atoms with Crippen molar-refractivity contribution >= 4 is 66.0 Å². The van der Waals surface area contributed by atoms with Crippen LogP contribution in [0.1, 0.15) is 47.6 Å². The fraction of sp³-hybridized carbons (Fsp3) is 0.0909. The van der Waals surface area contributed by atoms with Gasteiger partial charge in [0, 0.05) is 28.0 Å². The molecule has 3 heteroatoms. The molecule has 0 saturated heterocycles. The minimum atomic E-state index is -0.0841. The first-order valence-electron chi connectivity index (χ1n) is 20.4. The van der Waals surface area contributed by atoms with Crippen LogP contribution in [0, 0.1) is 0 Å². The lowest BCUT2D eigenvalue weighted by molar-refractivity contribution is 0.705. The van der Waals surface area contributed by atoms with Crippen LogP contribution in [0.25, 0.3) is 76.8 Å². The highest BCUT2D eigenvalue weighted by molar-refractivity contribution is 6.22. The highest BCUT2D eigenvalue weighted by Gasteiger charge is 2.44. The molecule has 3 nitrogen and oxygen atoms in total. The second kappa shape index (κ2) is 11.5. The van der Waals surface area contributed by atoms with E-state index in [2.05, 4.69) is 195 Å². The lowest BCUT2D eigenvalue weighted by Crippen LogP contribution is -2.30. The maximum absolute atomic E-state index is 5.55. The average Bonchev–Trinajstić information content (AvgIpc) is 3.87. The fourth-order valence-electron chi connectivity index (χ4n) is 10.9. The predicted molar refractivity (Wildman–Crippen MR) is 242 cm³/mol. The first kappa shape index (κ1) is 32.0. The van der Waals surface area contributed by atoms with E-state index in [1.807, 2.05) is 0 Å². The second-order valence-corrected chi connectivity index (χ2v) is 16.9. The van der Waals surface area contributed by atoms with Crippen molar-refractivity contribution in [2.45, 2.75) is 31.2 Å². The van der Waals surface area contributed by atoms with E-state index in [-0.39, 0.29) is 17.4 Å². The van der Waals surface area contributed by atoms with Gasteiger partial charge < -0.3 is 4.90 Å². The number of hydrogen-bond acceptors (Lipinski definition) is 3. The van der Waals surface area contributed by atoms with Gasteiger partial charge in [-0.05, 0) is 113 Å². The van der Waals surface area contributed by atoms with Crippen molar-refractivity contribution in [1.29, 1.82) is 0 Å². The Kier molecular flexibility index (Phi) is 6.35. The summed E-state index contributed by atoms with van der Waals surface area (Å²) in [5.41, 5.74) is 16.2. The first-order chi connectivity index (χ1) is 28.5. The van der Waals surface area contributed by atoms with Crippen molar-refractivity contribution < 1.29 is 0 Å². The molecule has 8 aromatic carbocycles. The molecule has 0 amide bonds. The Hall–Kier alpha value is -7.10. The molecular formula is C55H37N3. The van der Waals surface area contributed by atoms with Crippen LogP contribution in [0.15, 0.2) is 176 Å². The van der Waals surface area contributed by atoms with Crippen LogP contribution in [0.3, 0.4) is 0 Å². The topological polar surface area (TPSA) is 29.0 Å². The standard InChI is InChI=1S/C55H37N3/c1-55(2)45-26-23-36(31-44(45)50-41-18-9-14-34-15-10-19-42(49(34)41)52(50)55)37-25-28-48-43(30-37)40-17-7-8-20-47(40)58(48)54-56-46-27-24-33-12-5-6-16-39(33)51(46)53(57-54)38-22-21-32-11-3-4-13-35(32)29-38/h3-31,40,47H,1-2H3. The molecular weight excluding hydrogens is 703 g/mol. The molecule has 2 unspecified atom stereocenters. The molecule has 0 fully saturated rings. The van der Waals surface area contributed by atoms with Crippen molar-refractivity contribution in [1.82, 2.24) is 9.97 Å². The summed E-state index contributed by atoms with van der Waals surface area (Å²) in [5.74, 6) is 0.895. The maximum Gasteiger partial charge on any atom is 0.231 e. The van der Waals surface area contributed by atoms with Gasteiger partial charge in [0.2, 0.25) is 5.95 Å². The van der Waals surface area contributed by atoms with Crippen LogP contribution in [0.2, 0.25) is 0 Å². The minimum Gasteiger partial charge on any atom is -0.302 e. The summed E-state index contributed by atoms with van der Waals surface area (Å²) in [6.45, 7) is 4.79. The SMILES string of the molecule is CC1(C)C2=C(c3cc(-c4ccc5c(c4)C4C=CC=CC4N5c4nc(-c5ccc6ccccc6c5)c5c(ccc6ccccc65)n4)ccc31)c1cccc3cccc2c13. The molecule has 1 aromatic heterocycles. The maximum atomic E-state index is 5.55. The van der Waals surface area contributed by atoms with Gasteiger partial charge in [0.25, 0.3) is 0 Å². The van der Waals surface area contributed by atoms with Crippen molar-refractivity contribution in [2.24, 2.45) is 0 Å². The van der Waals surface area contributed by atoms with E-state index in [1.54, 1.807) is 0 Å². The summed E-state index contributed by atoms with van der Waals surface area (Å²) < 4.78 is 0. The third-order valence-electron chi connectivity index (χ3n) is 13.5. The second-order valence-electron chi connectivity index (χ2n) is 16.9. The number of rotatable bonds is 3. The molecule has 0 radical (unpaired) electrons. The minimum absolute atomic E-state index is 0.0589. The molecule has 2 heterocycles. The number of hydrogen-bond donors (Lipinski definition) is 0. The van der Waals surface area contributed by atoms with Crippen LogP contribution in [-0.2, 0) is 5.41 Å². The Balaban J connectivity index is 0.970. The first-order valence-corrected chi connectivity index (χ1v) is 20.4. The van der Waals surface area contributed by atoms with E-state index in [0.717, 1.165) is 33.8 Å². The number of nitrogens with zero attached hydrogens (tertiary/aromatic N) is 3. The van der Waals surface area contributed by atoms with Gasteiger partial charge in [-0.15, -0.1) is 0 Å². The van der Waals surface area contributed by atoms with E-state index in [1.165, 1.54) is 82.4 Å². The van der Waals surface area contributed by atoms with E-state index >= 15 is 0 Å². The molecule has 2 atom stereocenters. The summed E-state index contributed by atoms with van der Waals surface area (Å²) in [4.78, 5) is 13.3. The lowest BCUT2D eigenvalue weighted by atomic mass is 9.78. The third kappa shape index (κ3) is 4.28. The van der Waals surface area contributed by atoms with Crippen LogP contribution >= 0.6 is 0 Å². The Morgan fingerprint density at radius 2 is 1.26 bits per heavy atom. The molecule has 58 heavy (non-hydrogen) atoms. The predicted octanol–water partition coefficient (Wildman–Crippen LogP) is 13.7. The molecule has 13 rings (SSSR count). The summed E-state index contributed by atoms with van der Waals surface area (Å²) in [6.07, 6.45) is 9.04. The summed E-state index contributed by atoms with van der Waals surface area (Å²) in [7, 11) is 0. The number of anilines is 2. The molecule has 3 aliphatic carbocycles. The highest BCUT2D eigenvalue weighted by atomic mass is 15.3. The molecule has 0 spiro atoms. The number of allylic oxidation sites excluding steroid dienone is 3. The monoisotopic (exact) mass is 739 g/mol. The van der Waals surface area contributed by atoms with Gasteiger partial charge in [-0.2, -0.15) is 0 Å². The van der Waals surface area contributed by atoms with Gasteiger partial charge in [-0.3, -0.25) is 0 Å². The van der Waals surface area contributed by atoms with Gasteiger partial charge >= 0.3 is 0 Å². The zero-order valence-corrected chi connectivity index (χ0v) is 32.2. The van der Waals surface area contributed by atoms with Gasteiger partial charge in [-0.25, -0.2) is 9.97 Å². The van der Waals surface area contributed by atoms with E-state index in [9.17, 15) is 0 Å². The molecule has 0 bridgehead atoms. The van der Waals surface area contributed by atoms with Gasteiger partial charge in [0.15, 0.2) is 0 Å². The Labute approximate surface area is 337 Å². The Bertz CT molecular complexity index is 3390. The van der Waals surface area contributed by atoms with Gasteiger partial charge in [0.05, 0.1) is 17.3 Å². The van der Waals surface area contributed by atoms with Crippen LogP contribution < -0.4 is 4.90 Å². The molecule has 272 valence electrons. The van der Waals surface area contributed by atoms with Crippen molar-refractivity contribution in [3.63, 3.8) is 0 Å². The lowest BCUT2D eigenvalue weighted by Gasteiger charge is -2.27. The molecule has 0 N–H and O–H groups in total. The number of fused-ring (bicyclic) bond motifs is 11. The molecule has 4 aliphatic rings. The highest BCUT2D eigenvalue weighted by Crippen LogP contribution is 2.59. The summed E-state index contributed by atoms with van der Waals surface area (Å²) in [6, 6.07) is 56.1. The van der Waals surface area contributed by atoms with Gasteiger partial charge in [0.1, 0.15) is 0 Å². The van der Waals surface area contributed by atoms with Crippen molar-refractivity contribution in [2.75, 3.05) is 4.90 Å². The Morgan fingerprint density at radius 1 is 0.534 bits per heavy atom. The van der Waals surface area contributed by atoms with E-state index < -0.39 is 0 Å². The fourth-order valence-corrected chi connectivity index (χ4v) is 10.9. The zero-order valence-electron chi connectivity index (χ0n) is 32.2. The molecule has 0 saturated carbocycles. The largest absolute Gasteiger partial charge is 0.302 e. The van der Waals surface area contributed by atoms with Crippen molar-refractivity contribution in [3.05, 3.63) is 204 Å². The summed E-state index contributed by atoms with van der Waals surface area (Å²) >= 11 is 0. The number of aromatic nitrogens is 2. The third-order valence-corrected chi connectivity index (χ3v) is 13.5.